The molecule has 0 unspecified atom stereocenters. The minimum atomic E-state index is 0.645. The summed E-state index contributed by atoms with van der Waals surface area (Å²) in [6.45, 7) is 0. The lowest BCUT2D eigenvalue weighted by molar-refractivity contribution is 1.12. The van der Waals surface area contributed by atoms with Crippen molar-refractivity contribution in [3.63, 3.8) is 0 Å². The molecular formula is C13H8Cl2N2. The molecule has 0 saturated carbocycles. The van der Waals surface area contributed by atoms with Gasteiger partial charge in [-0.2, -0.15) is 5.10 Å². The van der Waals surface area contributed by atoms with Gasteiger partial charge in [0.05, 0.1) is 10.5 Å². The first kappa shape index (κ1) is 10.6. The smallest absolute Gasteiger partial charge is 0.101 e. The molecule has 0 aliphatic rings. The summed E-state index contributed by atoms with van der Waals surface area (Å²) in [6.07, 6.45) is 0. The van der Waals surface area contributed by atoms with E-state index in [1.807, 2.05) is 30.3 Å². The summed E-state index contributed by atoms with van der Waals surface area (Å²) in [5, 5.41) is 9.61. The van der Waals surface area contributed by atoms with Crippen LogP contribution in [0.2, 0.25) is 10.0 Å². The van der Waals surface area contributed by atoms with Crippen LogP contribution in [0.5, 0.6) is 0 Å². The molecule has 2 nitrogen and oxygen atoms in total. The zero-order valence-electron chi connectivity index (χ0n) is 8.74. The molecule has 2 aromatic carbocycles. The van der Waals surface area contributed by atoms with E-state index in [2.05, 4.69) is 10.2 Å². The quantitative estimate of drug-likeness (QED) is 0.686. The Balaban J connectivity index is 2.31. The van der Waals surface area contributed by atoms with Crippen LogP contribution < -0.4 is 0 Å². The summed E-state index contributed by atoms with van der Waals surface area (Å²) >= 11 is 12.2. The first-order chi connectivity index (χ1) is 8.25. The van der Waals surface area contributed by atoms with Gasteiger partial charge < -0.3 is 0 Å². The number of rotatable bonds is 1. The molecule has 0 radical (unpaired) electrons. The lowest BCUT2D eigenvalue weighted by atomic mass is 10.1. The van der Waals surface area contributed by atoms with Crippen LogP contribution in [0.3, 0.4) is 0 Å². The maximum atomic E-state index is 6.18. The monoisotopic (exact) mass is 262 g/mol. The predicted molar refractivity (Wildman–Crippen MR) is 71.5 cm³/mol. The molecule has 0 aliphatic carbocycles. The zero-order chi connectivity index (χ0) is 11.8. The second-order valence-electron chi connectivity index (χ2n) is 3.74. The maximum absolute atomic E-state index is 6.18. The highest BCUT2D eigenvalue weighted by Crippen LogP contribution is 2.33. The van der Waals surface area contributed by atoms with Gasteiger partial charge in [-0.3, -0.25) is 5.10 Å². The number of para-hydroxylation sites is 1. The van der Waals surface area contributed by atoms with Crippen LogP contribution in [0.15, 0.2) is 42.5 Å². The second kappa shape index (κ2) is 4.06. The molecular weight excluding hydrogens is 255 g/mol. The van der Waals surface area contributed by atoms with Crippen LogP contribution in [0.25, 0.3) is 22.2 Å². The fraction of sp³-hybridized carbons (Fsp3) is 0. The van der Waals surface area contributed by atoms with Gasteiger partial charge in [0.15, 0.2) is 0 Å². The van der Waals surface area contributed by atoms with E-state index in [4.69, 9.17) is 23.2 Å². The lowest BCUT2D eigenvalue weighted by Crippen LogP contribution is -1.81. The van der Waals surface area contributed by atoms with Crippen molar-refractivity contribution in [3.8, 4) is 11.3 Å². The van der Waals surface area contributed by atoms with E-state index < -0.39 is 0 Å². The number of nitrogens with one attached hydrogen (secondary N) is 1. The Morgan fingerprint density at radius 2 is 1.82 bits per heavy atom. The number of fused-ring (bicyclic) bond motifs is 1. The van der Waals surface area contributed by atoms with Gasteiger partial charge in [-0.25, -0.2) is 0 Å². The van der Waals surface area contributed by atoms with Crippen molar-refractivity contribution in [2.24, 2.45) is 0 Å². The third-order valence-corrected chi connectivity index (χ3v) is 3.22. The van der Waals surface area contributed by atoms with E-state index in [0.29, 0.717) is 10.0 Å². The molecule has 0 amide bonds. The van der Waals surface area contributed by atoms with Crippen LogP contribution in [-0.4, -0.2) is 10.2 Å². The summed E-state index contributed by atoms with van der Waals surface area (Å²) in [5.41, 5.74) is 2.66. The van der Waals surface area contributed by atoms with E-state index in [-0.39, 0.29) is 0 Å². The molecule has 0 fully saturated rings. The van der Waals surface area contributed by atoms with Crippen molar-refractivity contribution >= 4 is 34.1 Å². The van der Waals surface area contributed by atoms with E-state index >= 15 is 0 Å². The average molecular weight is 263 g/mol. The standard InChI is InChI=1S/C13H8Cl2N2/c14-8-5-6-11(15)10(7-8)13-9-3-1-2-4-12(9)16-17-13/h1-7H,(H,16,17). The summed E-state index contributed by atoms with van der Waals surface area (Å²) < 4.78 is 0. The van der Waals surface area contributed by atoms with Gasteiger partial charge in [-0.05, 0) is 24.3 Å². The van der Waals surface area contributed by atoms with Crippen LogP contribution >= 0.6 is 23.2 Å². The zero-order valence-corrected chi connectivity index (χ0v) is 10.3. The average Bonchev–Trinajstić information content (AvgIpc) is 2.76. The van der Waals surface area contributed by atoms with E-state index in [1.54, 1.807) is 12.1 Å². The molecule has 1 aromatic heterocycles. The molecule has 1 N–H and O–H groups in total. The van der Waals surface area contributed by atoms with Gasteiger partial charge in [0.1, 0.15) is 5.69 Å². The topological polar surface area (TPSA) is 28.7 Å². The SMILES string of the molecule is Clc1ccc(Cl)c(-c2n[nH]c3ccccc23)c1. The van der Waals surface area contributed by atoms with Crippen LogP contribution in [-0.2, 0) is 0 Å². The lowest BCUT2D eigenvalue weighted by Gasteiger charge is -2.02. The highest BCUT2D eigenvalue weighted by molar-refractivity contribution is 6.35. The Hall–Kier alpha value is -1.51. The molecule has 0 aliphatic heterocycles. The minimum Gasteiger partial charge on any atom is -0.277 e. The van der Waals surface area contributed by atoms with Crippen LogP contribution in [0.4, 0.5) is 0 Å². The Labute approximate surface area is 108 Å². The third kappa shape index (κ3) is 1.79. The number of H-pyrrole nitrogens is 1. The summed E-state index contributed by atoms with van der Waals surface area (Å²) in [7, 11) is 0. The second-order valence-corrected chi connectivity index (χ2v) is 4.59. The molecule has 0 bridgehead atoms. The summed E-state index contributed by atoms with van der Waals surface area (Å²) in [4.78, 5) is 0. The molecule has 17 heavy (non-hydrogen) atoms. The van der Waals surface area contributed by atoms with Crippen molar-refractivity contribution < 1.29 is 0 Å². The van der Waals surface area contributed by atoms with E-state index in [9.17, 15) is 0 Å². The Bertz CT molecular complexity index is 689. The summed E-state index contributed by atoms with van der Waals surface area (Å²) in [5.74, 6) is 0. The van der Waals surface area contributed by atoms with Gasteiger partial charge >= 0.3 is 0 Å². The number of hydrogen-bond acceptors (Lipinski definition) is 1. The Morgan fingerprint density at radius 3 is 2.71 bits per heavy atom. The molecule has 0 spiro atoms. The van der Waals surface area contributed by atoms with Gasteiger partial charge in [-0.15, -0.1) is 0 Å². The van der Waals surface area contributed by atoms with Crippen molar-refractivity contribution in [1.82, 2.24) is 10.2 Å². The van der Waals surface area contributed by atoms with Crippen LogP contribution in [0, 0.1) is 0 Å². The van der Waals surface area contributed by atoms with Crippen molar-refractivity contribution in [1.29, 1.82) is 0 Å². The summed E-state index contributed by atoms with van der Waals surface area (Å²) in [6, 6.07) is 13.3. The molecule has 3 rings (SSSR count). The Morgan fingerprint density at radius 1 is 1.00 bits per heavy atom. The normalized spacial score (nSPS) is 10.9. The molecule has 0 saturated heterocycles. The highest BCUT2D eigenvalue weighted by atomic mass is 35.5. The van der Waals surface area contributed by atoms with Crippen molar-refractivity contribution in [2.45, 2.75) is 0 Å². The fourth-order valence-corrected chi connectivity index (χ4v) is 2.23. The van der Waals surface area contributed by atoms with Gasteiger partial charge in [0, 0.05) is 16.0 Å². The van der Waals surface area contributed by atoms with Crippen molar-refractivity contribution in [2.75, 3.05) is 0 Å². The number of benzene rings is 2. The molecule has 84 valence electrons. The van der Waals surface area contributed by atoms with E-state index in [0.717, 1.165) is 22.2 Å². The molecule has 0 atom stereocenters. The maximum Gasteiger partial charge on any atom is 0.101 e. The third-order valence-electron chi connectivity index (χ3n) is 2.65. The molecule has 3 aromatic rings. The largest absolute Gasteiger partial charge is 0.277 e. The van der Waals surface area contributed by atoms with Crippen molar-refractivity contribution in [3.05, 3.63) is 52.5 Å². The Kier molecular flexibility index (Phi) is 2.54. The van der Waals surface area contributed by atoms with Gasteiger partial charge in [-0.1, -0.05) is 41.4 Å². The van der Waals surface area contributed by atoms with E-state index in [1.165, 1.54) is 0 Å². The first-order valence-corrected chi connectivity index (χ1v) is 5.90. The van der Waals surface area contributed by atoms with Gasteiger partial charge in [0.25, 0.3) is 0 Å². The fourth-order valence-electron chi connectivity index (χ4n) is 1.85. The predicted octanol–water partition coefficient (Wildman–Crippen LogP) is 4.54. The minimum absolute atomic E-state index is 0.645. The molecule has 1 heterocycles. The molecule has 4 heteroatoms. The van der Waals surface area contributed by atoms with Crippen LogP contribution in [0.1, 0.15) is 0 Å². The van der Waals surface area contributed by atoms with Gasteiger partial charge in [0.2, 0.25) is 0 Å². The number of halogens is 2. The number of hydrogen-bond donors (Lipinski definition) is 1. The first-order valence-electron chi connectivity index (χ1n) is 5.14. The number of nitrogens with zero attached hydrogens (tertiary/aromatic N) is 1. The highest BCUT2D eigenvalue weighted by Gasteiger charge is 2.11. The number of aromatic nitrogens is 2. The number of aromatic amines is 1.